The average molecular weight is 270 g/mol. The minimum atomic E-state index is -0.00572. The Morgan fingerprint density at radius 2 is 2.25 bits per heavy atom. The van der Waals surface area contributed by atoms with Gasteiger partial charge in [0.05, 0.1) is 5.56 Å². The zero-order valence-electron chi connectivity index (χ0n) is 11.5. The lowest BCUT2D eigenvalue weighted by atomic mass is 9.98. The van der Waals surface area contributed by atoms with E-state index in [0.717, 1.165) is 17.9 Å². The van der Waals surface area contributed by atoms with Gasteiger partial charge >= 0.3 is 0 Å². The van der Waals surface area contributed by atoms with Crippen LogP contribution in [0.5, 0.6) is 0 Å². The zero-order valence-corrected chi connectivity index (χ0v) is 11.5. The molecule has 4 nitrogen and oxygen atoms in total. The molecule has 0 radical (unpaired) electrons. The third-order valence-corrected chi connectivity index (χ3v) is 3.81. The van der Waals surface area contributed by atoms with Crippen LogP contribution in [-0.4, -0.2) is 19.0 Å². The molecule has 0 saturated carbocycles. The fraction of sp³-hybridized carbons (Fsp3) is 0.312. The summed E-state index contributed by atoms with van der Waals surface area (Å²) < 4.78 is 5.24. The molecule has 104 valence electrons. The maximum Gasteiger partial charge on any atom is 0.261 e. The SMILES string of the molecule is Cc1cc(C(=O)N2CC(CCN)c3ccccc32)co1. The quantitative estimate of drug-likeness (QED) is 0.932. The van der Waals surface area contributed by atoms with Crippen LogP contribution in [0.2, 0.25) is 0 Å². The Labute approximate surface area is 118 Å². The molecule has 1 aromatic carbocycles. The van der Waals surface area contributed by atoms with Crippen molar-refractivity contribution >= 4 is 11.6 Å². The van der Waals surface area contributed by atoms with E-state index in [2.05, 4.69) is 6.07 Å². The molecule has 1 aliphatic rings. The first kappa shape index (κ1) is 12.9. The highest BCUT2D eigenvalue weighted by atomic mass is 16.3. The zero-order chi connectivity index (χ0) is 14.1. The van der Waals surface area contributed by atoms with Gasteiger partial charge in [0, 0.05) is 18.2 Å². The van der Waals surface area contributed by atoms with Crippen molar-refractivity contribution in [2.75, 3.05) is 18.0 Å². The molecular formula is C16H18N2O2. The van der Waals surface area contributed by atoms with Gasteiger partial charge in [-0.25, -0.2) is 0 Å². The van der Waals surface area contributed by atoms with Gasteiger partial charge in [-0.15, -0.1) is 0 Å². The highest BCUT2D eigenvalue weighted by Gasteiger charge is 2.32. The molecule has 1 unspecified atom stereocenters. The van der Waals surface area contributed by atoms with Crippen LogP contribution in [0.25, 0.3) is 0 Å². The summed E-state index contributed by atoms with van der Waals surface area (Å²) in [6.45, 7) is 3.16. The molecule has 3 rings (SSSR count). The van der Waals surface area contributed by atoms with Crippen LogP contribution in [0.15, 0.2) is 41.0 Å². The molecule has 1 atom stereocenters. The fourth-order valence-corrected chi connectivity index (χ4v) is 2.85. The number of furan rings is 1. The summed E-state index contributed by atoms with van der Waals surface area (Å²) in [5.74, 6) is 1.07. The number of nitrogens with zero attached hydrogens (tertiary/aromatic N) is 1. The smallest absolute Gasteiger partial charge is 0.261 e. The van der Waals surface area contributed by atoms with Gasteiger partial charge in [-0.1, -0.05) is 18.2 Å². The van der Waals surface area contributed by atoms with Crippen molar-refractivity contribution in [1.82, 2.24) is 0 Å². The lowest BCUT2D eigenvalue weighted by Gasteiger charge is -2.16. The first-order valence-corrected chi connectivity index (χ1v) is 6.86. The number of hydrogen-bond acceptors (Lipinski definition) is 3. The Balaban J connectivity index is 1.93. The summed E-state index contributed by atoms with van der Waals surface area (Å²) >= 11 is 0. The van der Waals surface area contributed by atoms with Crippen LogP contribution in [0.3, 0.4) is 0 Å². The van der Waals surface area contributed by atoms with Crippen LogP contribution >= 0.6 is 0 Å². The molecule has 0 spiro atoms. The van der Waals surface area contributed by atoms with Gasteiger partial charge in [-0.05, 0) is 37.6 Å². The number of anilines is 1. The number of nitrogens with two attached hydrogens (primary N) is 1. The number of rotatable bonds is 3. The molecule has 1 aromatic heterocycles. The van der Waals surface area contributed by atoms with Gasteiger partial charge in [-0.2, -0.15) is 0 Å². The Hall–Kier alpha value is -2.07. The van der Waals surface area contributed by atoms with E-state index in [4.69, 9.17) is 10.2 Å². The van der Waals surface area contributed by atoms with Gasteiger partial charge in [0.15, 0.2) is 0 Å². The standard InChI is InChI=1S/C16H18N2O2/c1-11-8-13(10-20-11)16(19)18-9-12(6-7-17)14-4-2-3-5-15(14)18/h2-5,8,10,12H,6-7,9,17H2,1H3. The van der Waals surface area contributed by atoms with Gasteiger partial charge in [0.2, 0.25) is 0 Å². The summed E-state index contributed by atoms with van der Waals surface area (Å²) in [6, 6.07) is 9.84. The van der Waals surface area contributed by atoms with Crippen LogP contribution < -0.4 is 10.6 Å². The summed E-state index contributed by atoms with van der Waals surface area (Å²) in [5, 5.41) is 0. The topological polar surface area (TPSA) is 59.5 Å². The fourth-order valence-electron chi connectivity index (χ4n) is 2.85. The summed E-state index contributed by atoms with van der Waals surface area (Å²) in [5.41, 5.74) is 8.50. The first-order chi connectivity index (χ1) is 9.70. The number of amides is 1. The van der Waals surface area contributed by atoms with Gasteiger partial charge in [0.25, 0.3) is 5.91 Å². The van der Waals surface area contributed by atoms with Crippen LogP contribution in [0, 0.1) is 6.92 Å². The van der Waals surface area contributed by atoms with E-state index in [0.29, 0.717) is 24.6 Å². The van der Waals surface area contributed by atoms with E-state index in [9.17, 15) is 4.79 Å². The second-order valence-corrected chi connectivity index (χ2v) is 5.19. The van der Waals surface area contributed by atoms with E-state index in [1.807, 2.05) is 30.0 Å². The average Bonchev–Trinajstić information content (AvgIpc) is 3.04. The number of carbonyl (C=O) groups is 1. The summed E-state index contributed by atoms with van der Waals surface area (Å²) in [6.07, 6.45) is 2.42. The molecule has 2 N–H and O–H groups in total. The van der Waals surface area contributed by atoms with Crippen LogP contribution in [0.1, 0.15) is 34.0 Å². The predicted molar refractivity (Wildman–Crippen MR) is 78.0 cm³/mol. The number of aryl methyl sites for hydroxylation is 1. The third-order valence-electron chi connectivity index (χ3n) is 3.81. The molecule has 4 heteroatoms. The highest BCUT2D eigenvalue weighted by Crippen LogP contribution is 2.38. The monoisotopic (exact) mass is 270 g/mol. The van der Waals surface area contributed by atoms with Crippen molar-refractivity contribution in [3.63, 3.8) is 0 Å². The lowest BCUT2D eigenvalue weighted by Crippen LogP contribution is -2.29. The minimum absolute atomic E-state index is 0.00572. The third kappa shape index (κ3) is 2.12. The number of fused-ring (bicyclic) bond motifs is 1. The predicted octanol–water partition coefficient (Wildman–Crippen LogP) is 2.68. The van der Waals surface area contributed by atoms with Crippen molar-refractivity contribution in [2.45, 2.75) is 19.3 Å². The number of carbonyl (C=O) groups excluding carboxylic acids is 1. The van der Waals surface area contributed by atoms with E-state index in [-0.39, 0.29) is 5.91 Å². The van der Waals surface area contributed by atoms with E-state index in [1.165, 1.54) is 11.8 Å². The Morgan fingerprint density at radius 3 is 2.95 bits per heavy atom. The lowest BCUT2D eigenvalue weighted by molar-refractivity contribution is 0.0987. The number of benzene rings is 1. The van der Waals surface area contributed by atoms with Crippen molar-refractivity contribution in [2.24, 2.45) is 5.73 Å². The molecule has 0 fully saturated rings. The second-order valence-electron chi connectivity index (χ2n) is 5.19. The Kier molecular flexibility index (Phi) is 3.32. The Morgan fingerprint density at radius 1 is 1.45 bits per heavy atom. The van der Waals surface area contributed by atoms with Crippen LogP contribution in [0.4, 0.5) is 5.69 Å². The highest BCUT2D eigenvalue weighted by molar-refractivity contribution is 6.07. The Bertz CT molecular complexity index is 633. The minimum Gasteiger partial charge on any atom is -0.469 e. The number of para-hydroxylation sites is 1. The van der Waals surface area contributed by atoms with Gasteiger partial charge in [-0.3, -0.25) is 4.79 Å². The van der Waals surface area contributed by atoms with Gasteiger partial charge < -0.3 is 15.1 Å². The van der Waals surface area contributed by atoms with E-state index >= 15 is 0 Å². The normalized spacial score (nSPS) is 17.3. The molecule has 2 heterocycles. The van der Waals surface area contributed by atoms with Crippen LogP contribution in [-0.2, 0) is 0 Å². The molecule has 20 heavy (non-hydrogen) atoms. The molecule has 1 aliphatic heterocycles. The second kappa shape index (κ2) is 5.13. The molecule has 0 bridgehead atoms. The van der Waals surface area contributed by atoms with Gasteiger partial charge in [0.1, 0.15) is 12.0 Å². The molecular weight excluding hydrogens is 252 g/mol. The number of hydrogen-bond donors (Lipinski definition) is 1. The summed E-state index contributed by atoms with van der Waals surface area (Å²) in [7, 11) is 0. The summed E-state index contributed by atoms with van der Waals surface area (Å²) in [4.78, 5) is 14.4. The molecule has 0 aliphatic carbocycles. The van der Waals surface area contributed by atoms with Crippen molar-refractivity contribution in [1.29, 1.82) is 0 Å². The maximum atomic E-state index is 12.6. The maximum absolute atomic E-state index is 12.6. The van der Waals surface area contributed by atoms with E-state index in [1.54, 1.807) is 6.07 Å². The van der Waals surface area contributed by atoms with Crippen molar-refractivity contribution in [3.8, 4) is 0 Å². The molecule has 2 aromatic rings. The van der Waals surface area contributed by atoms with Crippen molar-refractivity contribution in [3.05, 3.63) is 53.5 Å². The largest absolute Gasteiger partial charge is 0.469 e. The molecule has 1 amide bonds. The van der Waals surface area contributed by atoms with E-state index < -0.39 is 0 Å². The first-order valence-electron chi connectivity index (χ1n) is 6.86. The van der Waals surface area contributed by atoms with Crippen molar-refractivity contribution < 1.29 is 9.21 Å². The molecule has 0 saturated heterocycles.